The van der Waals surface area contributed by atoms with Gasteiger partial charge in [0.25, 0.3) is 5.91 Å². The van der Waals surface area contributed by atoms with Crippen LogP contribution in [0.5, 0.6) is 5.75 Å². The van der Waals surface area contributed by atoms with Crippen LogP contribution in [0, 0.1) is 5.92 Å². The van der Waals surface area contributed by atoms with Crippen LogP contribution in [0.2, 0.25) is 0 Å². The highest BCUT2D eigenvalue weighted by molar-refractivity contribution is 5.94. The molecule has 1 saturated heterocycles. The van der Waals surface area contributed by atoms with Crippen LogP contribution in [-0.4, -0.2) is 42.7 Å². The minimum Gasteiger partial charge on any atom is -0.484 e. The smallest absolute Gasteiger partial charge is 0.422 e. The third-order valence-corrected chi connectivity index (χ3v) is 4.01. The summed E-state index contributed by atoms with van der Waals surface area (Å²) in [5, 5.41) is 0. The second kappa shape index (κ2) is 8.58. The van der Waals surface area contributed by atoms with Gasteiger partial charge in [-0.2, -0.15) is 13.2 Å². The summed E-state index contributed by atoms with van der Waals surface area (Å²) < 4.78 is 41.0. The van der Waals surface area contributed by atoms with Crippen LogP contribution in [0.3, 0.4) is 0 Å². The lowest BCUT2D eigenvalue weighted by Crippen LogP contribution is -2.49. The molecule has 1 fully saturated rings. The molecular weight excluding hydrogens is 345 g/mol. The third-order valence-electron chi connectivity index (χ3n) is 4.01. The van der Waals surface area contributed by atoms with Gasteiger partial charge < -0.3 is 15.4 Å². The summed E-state index contributed by atoms with van der Waals surface area (Å²) in [6.07, 6.45) is -2.59. The van der Waals surface area contributed by atoms with E-state index in [9.17, 15) is 18.0 Å². The Morgan fingerprint density at radius 2 is 1.96 bits per heavy atom. The molecule has 2 atom stereocenters. The number of hydrogen-bond acceptors (Lipinski definition) is 3. The van der Waals surface area contributed by atoms with Crippen molar-refractivity contribution >= 4 is 18.3 Å². The van der Waals surface area contributed by atoms with Gasteiger partial charge in [0, 0.05) is 24.7 Å². The number of likely N-dealkylation sites (tertiary alicyclic amines) is 1. The first-order valence-corrected chi connectivity index (χ1v) is 7.61. The van der Waals surface area contributed by atoms with E-state index >= 15 is 0 Å². The molecule has 0 radical (unpaired) electrons. The molecule has 0 aliphatic carbocycles. The molecule has 2 N–H and O–H groups in total. The standard InChI is InChI=1S/C16H21F3N2O2.ClH/c1-11-6-7-21(13(8-11)9-20)15(22)12-2-4-14(5-3-12)23-10-16(17,18)19;/h2-5,11,13H,6-10,20H2,1H3;1H. The maximum absolute atomic E-state index is 12.6. The topological polar surface area (TPSA) is 55.6 Å². The minimum atomic E-state index is -4.38. The summed E-state index contributed by atoms with van der Waals surface area (Å²) >= 11 is 0. The molecule has 1 aliphatic heterocycles. The van der Waals surface area contributed by atoms with Crippen molar-refractivity contribution in [2.75, 3.05) is 19.7 Å². The van der Waals surface area contributed by atoms with Gasteiger partial charge in [-0.15, -0.1) is 12.4 Å². The van der Waals surface area contributed by atoms with Gasteiger partial charge in [0.15, 0.2) is 6.61 Å². The second-order valence-corrected chi connectivity index (χ2v) is 5.95. The Bertz CT molecular complexity index is 537. The van der Waals surface area contributed by atoms with Crippen molar-refractivity contribution in [3.05, 3.63) is 29.8 Å². The summed E-state index contributed by atoms with van der Waals surface area (Å²) in [6, 6.07) is 5.73. The molecule has 24 heavy (non-hydrogen) atoms. The van der Waals surface area contributed by atoms with Crippen molar-refractivity contribution in [1.29, 1.82) is 0 Å². The molecule has 0 saturated carbocycles. The molecule has 1 heterocycles. The zero-order valence-corrected chi connectivity index (χ0v) is 14.2. The van der Waals surface area contributed by atoms with Gasteiger partial charge >= 0.3 is 6.18 Å². The van der Waals surface area contributed by atoms with E-state index in [1.807, 2.05) is 0 Å². The van der Waals surface area contributed by atoms with Crippen molar-refractivity contribution in [2.45, 2.75) is 32.0 Å². The monoisotopic (exact) mass is 366 g/mol. The Morgan fingerprint density at radius 3 is 2.50 bits per heavy atom. The number of carbonyl (C=O) groups is 1. The Morgan fingerprint density at radius 1 is 1.33 bits per heavy atom. The van der Waals surface area contributed by atoms with E-state index < -0.39 is 12.8 Å². The summed E-state index contributed by atoms with van der Waals surface area (Å²) in [5.41, 5.74) is 6.18. The van der Waals surface area contributed by atoms with Crippen LogP contribution in [0.15, 0.2) is 24.3 Å². The first kappa shape index (κ1) is 20.6. The molecule has 1 aromatic carbocycles. The van der Waals surface area contributed by atoms with E-state index in [1.54, 1.807) is 4.90 Å². The van der Waals surface area contributed by atoms with Gasteiger partial charge in [-0.05, 0) is 43.0 Å². The quantitative estimate of drug-likeness (QED) is 0.890. The average Bonchev–Trinajstić information content (AvgIpc) is 2.52. The van der Waals surface area contributed by atoms with Crippen LogP contribution in [0.4, 0.5) is 13.2 Å². The van der Waals surface area contributed by atoms with E-state index in [0.717, 1.165) is 12.8 Å². The number of alkyl halides is 3. The van der Waals surface area contributed by atoms with Gasteiger partial charge in [0.2, 0.25) is 0 Å². The molecule has 0 aromatic heterocycles. The fraction of sp³-hybridized carbons (Fsp3) is 0.562. The molecule has 1 amide bonds. The Labute approximate surface area is 145 Å². The highest BCUT2D eigenvalue weighted by Gasteiger charge is 2.30. The Kier molecular flexibility index (Phi) is 7.35. The fourth-order valence-electron chi connectivity index (χ4n) is 2.77. The molecule has 4 nitrogen and oxygen atoms in total. The normalized spacial score (nSPS) is 21.1. The summed E-state index contributed by atoms with van der Waals surface area (Å²) in [6.45, 7) is 1.84. The van der Waals surface area contributed by atoms with Crippen molar-refractivity contribution in [3.8, 4) is 5.75 Å². The number of nitrogens with two attached hydrogens (primary N) is 1. The minimum absolute atomic E-state index is 0. The highest BCUT2D eigenvalue weighted by atomic mass is 35.5. The van der Waals surface area contributed by atoms with E-state index in [4.69, 9.17) is 5.73 Å². The third kappa shape index (κ3) is 5.56. The van der Waals surface area contributed by atoms with Gasteiger partial charge in [-0.1, -0.05) is 6.92 Å². The SMILES string of the molecule is CC1CCN(C(=O)c2ccc(OCC(F)(F)F)cc2)C(CN)C1.Cl. The molecule has 1 aliphatic rings. The zero-order valence-electron chi connectivity index (χ0n) is 13.4. The number of nitrogens with zero attached hydrogens (tertiary/aromatic N) is 1. The van der Waals surface area contributed by atoms with E-state index in [0.29, 0.717) is 24.6 Å². The van der Waals surface area contributed by atoms with Gasteiger partial charge in [-0.3, -0.25) is 4.79 Å². The summed E-state index contributed by atoms with van der Waals surface area (Å²) in [5.74, 6) is 0.474. The van der Waals surface area contributed by atoms with Crippen molar-refractivity contribution < 1.29 is 22.7 Å². The molecular formula is C16H22ClF3N2O2. The van der Waals surface area contributed by atoms with Crippen LogP contribution < -0.4 is 10.5 Å². The van der Waals surface area contributed by atoms with E-state index in [-0.39, 0.29) is 30.1 Å². The highest BCUT2D eigenvalue weighted by Crippen LogP contribution is 2.24. The fourth-order valence-corrected chi connectivity index (χ4v) is 2.77. The Balaban J connectivity index is 0.00000288. The summed E-state index contributed by atoms with van der Waals surface area (Å²) in [7, 11) is 0. The van der Waals surface area contributed by atoms with Crippen molar-refractivity contribution in [2.24, 2.45) is 11.7 Å². The number of piperidine rings is 1. The number of ether oxygens (including phenoxy) is 1. The predicted molar refractivity (Wildman–Crippen MR) is 87.5 cm³/mol. The molecule has 8 heteroatoms. The first-order chi connectivity index (χ1) is 10.8. The second-order valence-electron chi connectivity index (χ2n) is 5.95. The predicted octanol–water partition coefficient (Wildman–Crippen LogP) is 3.25. The summed E-state index contributed by atoms with van der Waals surface area (Å²) in [4.78, 5) is 14.3. The van der Waals surface area contributed by atoms with Crippen molar-refractivity contribution in [3.63, 3.8) is 0 Å². The maximum Gasteiger partial charge on any atom is 0.422 e. The zero-order chi connectivity index (χ0) is 17.0. The molecule has 2 unspecified atom stereocenters. The molecule has 0 spiro atoms. The number of rotatable bonds is 4. The number of halogens is 4. The number of carbonyl (C=O) groups excluding carboxylic acids is 1. The van der Waals surface area contributed by atoms with Gasteiger partial charge in [-0.25, -0.2) is 0 Å². The molecule has 2 rings (SSSR count). The largest absolute Gasteiger partial charge is 0.484 e. The number of amides is 1. The maximum atomic E-state index is 12.6. The lowest BCUT2D eigenvalue weighted by atomic mass is 9.92. The number of hydrogen-bond donors (Lipinski definition) is 1. The molecule has 0 bridgehead atoms. The van der Waals surface area contributed by atoms with Crippen LogP contribution >= 0.6 is 12.4 Å². The van der Waals surface area contributed by atoms with Crippen LogP contribution in [-0.2, 0) is 0 Å². The first-order valence-electron chi connectivity index (χ1n) is 7.61. The Hall–Kier alpha value is -1.47. The number of benzene rings is 1. The van der Waals surface area contributed by atoms with Crippen LogP contribution in [0.25, 0.3) is 0 Å². The van der Waals surface area contributed by atoms with E-state index in [1.165, 1.54) is 24.3 Å². The van der Waals surface area contributed by atoms with Crippen LogP contribution in [0.1, 0.15) is 30.1 Å². The lowest BCUT2D eigenvalue weighted by Gasteiger charge is -2.38. The molecule has 1 aromatic rings. The van der Waals surface area contributed by atoms with Gasteiger partial charge in [0.05, 0.1) is 0 Å². The van der Waals surface area contributed by atoms with Crippen molar-refractivity contribution in [1.82, 2.24) is 4.90 Å². The van der Waals surface area contributed by atoms with E-state index in [2.05, 4.69) is 11.7 Å². The average molecular weight is 367 g/mol. The lowest BCUT2D eigenvalue weighted by molar-refractivity contribution is -0.153. The molecule has 136 valence electrons. The van der Waals surface area contributed by atoms with Gasteiger partial charge in [0.1, 0.15) is 5.75 Å².